The number of nitrogens with two attached hydrogens (primary N) is 2. The number of aliphatic hydroxyl groups is 2. The summed E-state index contributed by atoms with van der Waals surface area (Å²) in [6.07, 6.45) is -5.54. The number of urea groups is 1. The topological polar surface area (TPSA) is 339 Å². The van der Waals surface area contributed by atoms with E-state index >= 15 is 0 Å². The van der Waals surface area contributed by atoms with Gasteiger partial charge in [-0.25, -0.2) is 14.5 Å². The van der Waals surface area contributed by atoms with Crippen LogP contribution in [0.4, 0.5) is 29.5 Å². The molecule has 1 fully saturated rings. The van der Waals surface area contributed by atoms with Gasteiger partial charge in [-0.05, 0) is 86.9 Å². The molecule has 6 atom stereocenters. The smallest absolute Gasteiger partial charge is 0.390 e. The van der Waals surface area contributed by atoms with Crippen molar-refractivity contribution < 1.29 is 83.5 Å². The minimum Gasteiger partial charge on any atom is -0.390 e. The van der Waals surface area contributed by atoms with Gasteiger partial charge in [0.1, 0.15) is 27.3 Å². The van der Waals surface area contributed by atoms with Crippen molar-refractivity contribution in [2.75, 3.05) is 70.0 Å². The van der Waals surface area contributed by atoms with E-state index in [2.05, 4.69) is 62.4 Å². The molecule has 0 radical (unpaired) electrons. The van der Waals surface area contributed by atoms with Crippen molar-refractivity contribution in [1.82, 2.24) is 25.1 Å². The number of ether oxygens (including phenoxy) is 3. The van der Waals surface area contributed by atoms with Crippen LogP contribution < -0.4 is 36.7 Å². The summed E-state index contributed by atoms with van der Waals surface area (Å²) in [6, 6.07) is 12.0. The Morgan fingerprint density at radius 2 is 1.57 bits per heavy atom. The van der Waals surface area contributed by atoms with Crippen LogP contribution in [0.3, 0.4) is 0 Å². The van der Waals surface area contributed by atoms with Crippen molar-refractivity contribution in [2.45, 2.75) is 83.0 Å². The lowest BCUT2D eigenvalue weighted by Gasteiger charge is -2.24. The molecule has 1 saturated carbocycles. The maximum absolute atomic E-state index is 13.9. The molecule has 0 bridgehead atoms. The number of nitrogens with one attached hydrogen (secondary N) is 4. The molecule has 30 heteroatoms. The highest BCUT2D eigenvalue weighted by atomic mass is 79.9. The number of nitrogens with zero attached hydrogens (tertiary/aromatic N) is 4. The monoisotopic (exact) mass is 1290 g/mol. The molecule has 2 aliphatic rings. The maximum atomic E-state index is 13.9. The first kappa shape index (κ1) is 64.2. The summed E-state index contributed by atoms with van der Waals surface area (Å²) in [5, 5.41) is 42.5. The van der Waals surface area contributed by atoms with Crippen LogP contribution in [0.15, 0.2) is 75.8 Å². The molecule has 6 rings (SSSR count). The van der Waals surface area contributed by atoms with Gasteiger partial charge in [-0.3, -0.25) is 33.1 Å². The Labute approximate surface area is 480 Å². The molecule has 1 aliphatic carbocycles. The summed E-state index contributed by atoms with van der Waals surface area (Å²) in [6.45, 7) is 4.36. The molecule has 0 spiro atoms. The maximum Gasteiger partial charge on any atom is 0.416 e. The second-order valence-corrected chi connectivity index (χ2v) is 22.3. The number of halogens is 5. The number of carbonyl (C=O) groups is 6. The predicted octanol–water partition coefficient (Wildman–Crippen LogP) is 3.01. The third-order valence-electron chi connectivity index (χ3n) is 13.2. The number of rotatable bonds is 31. The van der Waals surface area contributed by atoms with Crippen LogP contribution >= 0.6 is 31.9 Å². The number of aromatic nitrogens is 3. The van der Waals surface area contributed by atoms with Crippen molar-refractivity contribution in [3.05, 3.63) is 87.0 Å². The summed E-state index contributed by atoms with van der Waals surface area (Å²) < 4.78 is 88.8. The van der Waals surface area contributed by atoms with E-state index in [0.717, 1.165) is 17.0 Å². The van der Waals surface area contributed by atoms with Crippen molar-refractivity contribution in [1.29, 1.82) is 0 Å². The van der Waals surface area contributed by atoms with E-state index in [0.29, 0.717) is 23.3 Å². The fourth-order valence-corrected chi connectivity index (χ4v) is 10.1. The lowest BCUT2D eigenvalue weighted by atomic mass is 9.89. The number of ketones is 1. The lowest BCUT2D eigenvalue weighted by Crippen LogP contribution is -2.45. The van der Waals surface area contributed by atoms with Crippen LogP contribution in [0, 0.1) is 17.8 Å². The quantitative estimate of drug-likeness (QED) is 0.0204. The van der Waals surface area contributed by atoms with Crippen molar-refractivity contribution in [2.24, 2.45) is 28.6 Å². The van der Waals surface area contributed by atoms with Gasteiger partial charge in [0.05, 0.1) is 88.8 Å². The van der Waals surface area contributed by atoms with Gasteiger partial charge in [0, 0.05) is 48.5 Å². The number of imide groups is 1. The Hall–Kier alpha value is -5.96. The summed E-state index contributed by atoms with van der Waals surface area (Å²) in [5.41, 5.74) is 6.17. The first-order chi connectivity index (χ1) is 38.3. The molecular formula is C51H64Br2F3N10O14S+. The minimum absolute atomic E-state index is 0.0328. The number of hydrogen-bond acceptors (Lipinski definition) is 16. The second kappa shape index (κ2) is 29.3. The summed E-state index contributed by atoms with van der Waals surface area (Å²) in [7, 11) is -4.34. The molecule has 0 unspecified atom stereocenters. The Balaban J connectivity index is 1.05. The van der Waals surface area contributed by atoms with Crippen LogP contribution in [-0.4, -0.2) is 152 Å². The summed E-state index contributed by atoms with van der Waals surface area (Å²) >= 11 is 6.14. The fraction of sp³-hybridized carbons (Fsp3) is 0.490. The van der Waals surface area contributed by atoms with Crippen molar-refractivity contribution in [3.8, 4) is 11.3 Å². The number of benzene rings is 2. The van der Waals surface area contributed by atoms with Gasteiger partial charge < -0.3 is 51.4 Å². The number of alkyl halides is 3. The molecule has 6 amide bonds. The van der Waals surface area contributed by atoms with Crippen LogP contribution in [0.1, 0.15) is 57.1 Å². The van der Waals surface area contributed by atoms with Crippen LogP contribution in [0.25, 0.3) is 16.9 Å². The highest BCUT2D eigenvalue weighted by Crippen LogP contribution is 2.34. The van der Waals surface area contributed by atoms with E-state index in [9.17, 15) is 60.6 Å². The Morgan fingerprint density at radius 1 is 0.914 bits per heavy atom. The van der Waals surface area contributed by atoms with E-state index in [1.54, 1.807) is 61.0 Å². The number of aliphatic hydroxyl groups excluding tert-OH is 2. The minimum atomic E-state index is -4.63. The molecule has 4 aromatic rings. The number of amides is 6. The first-order valence-electron chi connectivity index (χ1n) is 25.6. The standard InChI is InChI=1S/C51H63Br2F3N10O14S/c1-29(2)44(62-40(68)13-17-77-19-21-79-22-20-78-18-16-65-48(72)42(52)43(53)49(65)73)38(67)25-32(6-4-14-59-50(57)74)47(71)60-35-10-8-30(9-11-35)27-64-15-12-39(61-37-24-33(45(69)46(37)70)28-80-81(58,75)76)66-41(64)26-36(63-66)31-5-3-7-34(23-31)51(54,55)56/h3,5,7-12,15,23,26,29,32-33,37,44-46,69-70H,4,6,13-14,16-22,24-25,27-28H2,1-2H3,(H7,57,58,59,60,62,68,71,74,75,76)/p+1/t32-,33-,37-,44+,45-,46+/m1/s1. The number of fused-ring (bicyclic) bond motifs is 1. The van der Waals surface area contributed by atoms with Gasteiger partial charge in [-0.2, -0.15) is 21.6 Å². The molecule has 3 heterocycles. The Kier molecular flexibility index (Phi) is 23.3. The summed E-state index contributed by atoms with van der Waals surface area (Å²) in [4.78, 5) is 77.4. The van der Waals surface area contributed by atoms with E-state index in [1.165, 1.54) is 16.6 Å². The van der Waals surface area contributed by atoms with Gasteiger partial charge in [0.2, 0.25) is 17.6 Å². The number of carbonyl (C=O) groups excluding carboxylic acids is 6. The van der Waals surface area contributed by atoms with Crippen LogP contribution in [0.2, 0.25) is 0 Å². The van der Waals surface area contributed by atoms with Gasteiger partial charge in [-0.15, -0.1) is 0 Å². The van der Waals surface area contributed by atoms with E-state index < -0.39 is 94.4 Å². The number of Topliss-reactive ketones (excluding diaryl/α,β-unsaturated/α-hetero) is 1. The molecule has 2 aromatic heterocycles. The third-order valence-corrected chi connectivity index (χ3v) is 15.6. The highest BCUT2D eigenvalue weighted by molar-refractivity contribution is 9.14. The zero-order valence-electron chi connectivity index (χ0n) is 44.0. The van der Waals surface area contributed by atoms with Gasteiger partial charge >= 0.3 is 28.2 Å². The summed E-state index contributed by atoms with van der Waals surface area (Å²) in [5.74, 6) is -4.02. The van der Waals surface area contributed by atoms with E-state index in [1.807, 2.05) is 0 Å². The molecule has 10 N–H and O–H groups in total. The molecular weight excluding hydrogens is 1230 g/mol. The number of primary amides is 1. The molecule has 442 valence electrons. The van der Waals surface area contributed by atoms with Gasteiger partial charge in [-0.1, -0.05) is 47.7 Å². The zero-order chi connectivity index (χ0) is 59.2. The van der Waals surface area contributed by atoms with E-state index in [-0.39, 0.29) is 123 Å². The average molecular weight is 1290 g/mol. The fourth-order valence-electron chi connectivity index (χ4n) is 8.94. The first-order valence-corrected chi connectivity index (χ1v) is 28.7. The van der Waals surface area contributed by atoms with Gasteiger partial charge in [0.15, 0.2) is 5.78 Å². The second-order valence-electron chi connectivity index (χ2n) is 19.5. The van der Waals surface area contributed by atoms with Crippen LogP contribution in [0.5, 0.6) is 0 Å². The number of hydrogen-bond donors (Lipinski definition) is 8. The van der Waals surface area contributed by atoms with Crippen LogP contribution in [-0.2, 0) is 65.4 Å². The Morgan fingerprint density at radius 3 is 2.20 bits per heavy atom. The normalized spacial score (nSPS) is 18.4. The Bertz CT molecular complexity index is 3020. The predicted molar refractivity (Wildman–Crippen MR) is 292 cm³/mol. The largest absolute Gasteiger partial charge is 0.416 e. The molecule has 0 saturated heterocycles. The molecule has 81 heavy (non-hydrogen) atoms. The average Bonchev–Trinajstić information content (AvgIpc) is 4.25. The SMILES string of the molecule is CC(C)[C@H](NC(=O)CCOCCOCCOCCN1C(=O)C(Br)=C(Br)C1=O)C(=O)C[C@@H](CCCNC(N)=O)C(=O)Nc1ccc(C[n+]2ccc(N[C@@H]3C[C@H](COS(N)(=O)=O)[C@@H](O)[C@H]3O)n3nc(-c4cccc(C(F)(F)F)c4)cc32)cc1. The molecule has 1 aliphatic heterocycles. The highest BCUT2D eigenvalue weighted by Gasteiger charge is 2.43. The van der Waals surface area contributed by atoms with E-state index in [4.69, 9.17) is 25.1 Å². The molecule has 2 aromatic carbocycles. The third kappa shape index (κ3) is 18.5. The lowest BCUT2D eigenvalue weighted by molar-refractivity contribution is -0.665. The number of anilines is 2. The zero-order valence-corrected chi connectivity index (χ0v) is 48.0. The molecule has 24 nitrogen and oxygen atoms in total. The van der Waals surface area contributed by atoms with Crippen molar-refractivity contribution in [3.63, 3.8) is 0 Å². The van der Waals surface area contributed by atoms with Crippen molar-refractivity contribution >= 4 is 94.8 Å². The van der Waals surface area contributed by atoms with Gasteiger partial charge in [0.25, 0.3) is 11.8 Å².